The van der Waals surface area contributed by atoms with Crippen molar-refractivity contribution in [2.45, 2.75) is 18.4 Å². The van der Waals surface area contributed by atoms with Gasteiger partial charge in [-0.1, -0.05) is 53.5 Å². The first-order valence-electron chi connectivity index (χ1n) is 8.26. The van der Waals surface area contributed by atoms with Crippen LogP contribution < -0.4 is 10.6 Å². The number of anilines is 1. The molecule has 1 amide bonds. The number of nitrogens with zero attached hydrogens (tertiary/aromatic N) is 1. The van der Waals surface area contributed by atoms with E-state index in [4.69, 9.17) is 28.2 Å². The SMILES string of the molecule is O=C1Nc2c(Cl)ccc(Cl)c2C(c2ccccc2)=NC12CCNCC2. The maximum absolute atomic E-state index is 13.0. The van der Waals surface area contributed by atoms with E-state index in [1.54, 1.807) is 12.1 Å². The molecule has 2 N–H and O–H groups in total. The van der Waals surface area contributed by atoms with Crippen LogP contribution in [0.25, 0.3) is 0 Å². The van der Waals surface area contributed by atoms with E-state index in [0.29, 0.717) is 39.8 Å². The third-order valence-corrected chi connectivity index (χ3v) is 5.44. The lowest BCUT2D eigenvalue weighted by molar-refractivity contribution is -0.121. The second kappa shape index (κ2) is 6.45. The normalized spacial score (nSPS) is 19.0. The lowest BCUT2D eigenvalue weighted by Gasteiger charge is -2.32. The summed E-state index contributed by atoms with van der Waals surface area (Å²) in [5.74, 6) is -0.120. The topological polar surface area (TPSA) is 53.5 Å². The van der Waals surface area contributed by atoms with Crippen molar-refractivity contribution >= 4 is 40.5 Å². The number of fused-ring (bicyclic) bond motifs is 1. The quantitative estimate of drug-likeness (QED) is 0.796. The van der Waals surface area contributed by atoms with Crippen LogP contribution in [-0.4, -0.2) is 30.2 Å². The molecule has 0 saturated carbocycles. The smallest absolute Gasteiger partial charge is 0.252 e. The van der Waals surface area contributed by atoms with Gasteiger partial charge in [-0.2, -0.15) is 0 Å². The molecule has 6 heteroatoms. The van der Waals surface area contributed by atoms with Crippen molar-refractivity contribution in [1.29, 1.82) is 0 Å². The molecule has 2 aromatic carbocycles. The second-order valence-electron chi connectivity index (χ2n) is 6.34. The summed E-state index contributed by atoms with van der Waals surface area (Å²) in [5, 5.41) is 7.27. The summed E-state index contributed by atoms with van der Waals surface area (Å²) in [6.45, 7) is 1.49. The molecule has 0 atom stereocenters. The van der Waals surface area contributed by atoms with Crippen LogP contribution in [0.1, 0.15) is 24.0 Å². The Morgan fingerprint density at radius 1 is 0.960 bits per heavy atom. The maximum Gasteiger partial charge on any atom is 0.252 e. The van der Waals surface area contributed by atoms with Crippen molar-refractivity contribution in [2.24, 2.45) is 4.99 Å². The van der Waals surface area contributed by atoms with Gasteiger partial charge in [-0.05, 0) is 38.1 Å². The molecular weight excluding hydrogens is 357 g/mol. The number of carbonyl (C=O) groups excluding carboxylic acids is 1. The molecule has 1 spiro atoms. The molecule has 0 aliphatic carbocycles. The van der Waals surface area contributed by atoms with Gasteiger partial charge in [-0.15, -0.1) is 0 Å². The number of hydrogen-bond donors (Lipinski definition) is 2. The third kappa shape index (κ3) is 2.84. The number of amides is 1. The summed E-state index contributed by atoms with van der Waals surface area (Å²) in [7, 11) is 0. The van der Waals surface area contributed by atoms with Crippen LogP contribution in [0.4, 0.5) is 5.69 Å². The van der Waals surface area contributed by atoms with Gasteiger partial charge < -0.3 is 10.6 Å². The molecule has 0 aromatic heterocycles. The molecule has 25 heavy (non-hydrogen) atoms. The van der Waals surface area contributed by atoms with Gasteiger partial charge in [0.2, 0.25) is 0 Å². The Morgan fingerprint density at radius 3 is 2.36 bits per heavy atom. The second-order valence-corrected chi connectivity index (χ2v) is 7.16. The Hall–Kier alpha value is -1.88. The number of nitrogens with one attached hydrogen (secondary N) is 2. The van der Waals surface area contributed by atoms with Crippen LogP contribution in [0.2, 0.25) is 10.0 Å². The highest BCUT2D eigenvalue weighted by atomic mass is 35.5. The average Bonchev–Trinajstić information content (AvgIpc) is 2.76. The molecule has 1 saturated heterocycles. The fourth-order valence-corrected chi connectivity index (χ4v) is 3.89. The van der Waals surface area contributed by atoms with E-state index in [0.717, 1.165) is 18.7 Å². The molecule has 1 fully saturated rings. The number of benzene rings is 2. The molecule has 4 rings (SSSR count). The van der Waals surface area contributed by atoms with Crippen LogP contribution in [0.3, 0.4) is 0 Å². The minimum absolute atomic E-state index is 0.120. The Morgan fingerprint density at radius 2 is 1.64 bits per heavy atom. The van der Waals surface area contributed by atoms with Crippen molar-refractivity contribution in [3.8, 4) is 0 Å². The van der Waals surface area contributed by atoms with Gasteiger partial charge in [0.25, 0.3) is 5.91 Å². The van der Waals surface area contributed by atoms with E-state index < -0.39 is 5.54 Å². The maximum atomic E-state index is 13.0. The highest BCUT2D eigenvalue weighted by molar-refractivity contribution is 6.41. The zero-order valence-corrected chi connectivity index (χ0v) is 15.0. The van der Waals surface area contributed by atoms with Crippen LogP contribution in [0.15, 0.2) is 47.5 Å². The molecule has 128 valence electrons. The number of rotatable bonds is 1. The molecule has 0 bridgehead atoms. The Labute approximate surface area is 156 Å². The van der Waals surface area contributed by atoms with Crippen molar-refractivity contribution in [1.82, 2.24) is 5.32 Å². The van der Waals surface area contributed by atoms with Gasteiger partial charge in [0, 0.05) is 11.1 Å². The van der Waals surface area contributed by atoms with Crippen molar-refractivity contribution < 1.29 is 4.79 Å². The van der Waals surface area contributed by atoms with E-state index >= 15 is 0 Å². The minimum Gasteiger partial charge on any atom is -0.322 e. The summed E-state index contributed by atoms with van der Waals surface area (Å²) >= 11 is 12.9. The Bertz CT molecular complexity index is 858. The highest BCUT2D eigenvalue weighted by Gasteiger charge is 2.42. The highest BCUT2D eigenvalue weighted by Crippen LogP contribution is 2.39. The molecule has 4 nitrogen and oxygen atoms in total. The number of halogens is 2. The summed E-state index contributed by atoms with van der Waals surface area (Å²) in [6, 6.07) is 13.2. The van der Waals surface area contributed by atoms with E-state index in [9.17, 15) is 4.79 Å². The van der Waals surface area contributed by atoms with Crippen LogP contribution in [-0.2, 0) is 4.79 Å². The van der Waals surface area contributed by atoms with Crippen LogP contribution in [0, 0.1) is 0 Å². The van der Waals surface area contributed by atoms with E-state index in [-0.39, 0.29) is 5.91 Å². The standard InChI is InChI=1S/C19H17Cl2N3O/c20-13-6-7-14(21)17-15(13)16(12-4-2-1-3-5-12)24-19(18(25)23-17)8-10-22-11-9-19/h1-7,22H,8-11H2,(H,23,25). The predicted molar refractivity (Wildman–Crippen MR) is 102 cm³/mol. The monoisotopic (exact) mass is 373 g/mol. The van der Waals surface area contributed by atoms with E-state index in [1.165, 1.54) is 0 Å². The first kappa shape index (κ1) is 16.6. The van der Waals surface area contributed by atoms with E-state index in [1.807, 2.05) is 30.3 Å². The molecule has 0 radical (unpaired) electrons. The third-order valence-electron chi connectivity index (χ3n) is 4.81. The Balaban J connectivity index is 2.00. The Kier molecular flexibility index (Phi) is 4.28. The van der Waals surface area contributed by atoms with Gasteiger partial charge in [0.15, 0.2) is 0 Å². The van der Waals surface area contributed by atoms with Gasteiger partial charge in [0.1, 0.15) is 5.54 Å². The van der Waals surface area contributed by atoms with Gasteiger partial charge in [-0.25, -0.2) is 0 Å². The lowest BCUT2D eigenvalue weighted by Crippen LogP contribution is -2.49. The van der Waals surface area contributed by atoms with Gasteiger partial charge in [-0.3, -0.25) is 9.79 Å². The molecule has 2 heterocycles. The molecule has 0 unspecified atom stereocenters. The van der Waals surface area contributed by atoms with Crippen molar-refractivity contribution in [3.05, 3.63) is 63.6 Å². The predicted octanol–water partition coefficient (Wildman–Crippen LogP) is 3.91. The number of piperidine rings is 1. The molecule has 2 aliphatic heterocycles. The zero-order valence-electron chi connectivity index (χ0n) is 13.5. The first-order valence-corrected chi connectivity index (χ1v) is 9.02. The van der Waals surface area contributed by atoms with Crippen LogP contribution >= 0.6 is 23.2 Å². The lowest BCUT2D eigenvalue weighted by atomic mass is 9.87. The molecule has 2 aliphatic rings. The fraction of sp³-hybridized carbons (Fsp3) is 0.263. The summed E-state index contributed by atoms with van der Waals surface area (Å²) in [4.78, 5) is 18.0. The van der Waals surface area contributed by atoms with Crippen molar-refractivity contribution in [2.75, 3.05) is 18.4 Å². The van der Waals surface area contributed by atoms with Gasteiger partial charge in [0.05, 0.1) is 21.4 Å². The fourth-order valence-electron chi connectivity index (χ4n) is 3.44. The minimum atomic E-state index is -0.803. The van der Waals surface area contributed by atoms with Gasteiger partial charge >= 0.3 is 0 Å². The largest absolute Gasteiger partial charge is 0.322 e. The average molecular weight is 374 g/mol. The summed E-state index contributed by atoms with van der Waals surface area (Å²) < 4.78 is 0. The zero-order chi connectivity index (χ0) is 17.4. The number of hydrogen-bond acceptors (Lipinski definition) is 3. The molecule has 2 aromatic rings. The van der Waals surface area contributed by atoms with Crippen LogP contribution in [0.5, 0.6) is 0 Å². The van der Waals surface area contributed by atoms with E-state index in [2.05, 4.69) is 10.6 Å². The first-order chi connectivity index (χ1) is 12.1. The van der Waals surface area contributed by atoms with Crippen molar-refractivity contribution in [3.63, 3.8) is 0 Å². The molecular formula is C19H17Cl2N3O. The summed E-state index contributed by atoms with van der Waals surface area (Å²) in [6.07, 6.45) is 1.27. The number of aliphatic imine (C=N–C) groups is 1. The summed E-state index contributed by atoms with van der Waals surface area (Å²) in [5.41, 5.74) is 2.05. The number of carbonyl (C=O) groups is 1.